The molecule has 2 heteroatoms. The molecule has 2 nitrogen and oxygen atoms in total. The molecule has 0 unspecified atom stereocenters. The second-order valence-electron chi connectivity index (χ2n) is 7.11. The average Bonchev–Trinajstić information content (AvgIpc) is 2.74. The molecule has 0 aromatic carbocycles. The number of hydrogen-bond donors (Lipinski definition) is 1. The summed E-state index contributed by atoms with van der Waals surface area (Å²) in [5.74, 6) is 1.48. The number of carbonyl (C=O) groups is 1. The van der Waals surface area contributed by atoms with Crippen molar-refractivity contribution in [2.45, 2.75) is 51.6 Å². The molecule has 1 saturated carbocycles. The summed E-state index contributed by atoms with van der Waals surface area (Å²) < 4.78 is 0. The fraction of sp³-hybridized carbons (Fsp3) is 0.611. The van der Waals surface area contributed by atoms with Crippen LogP contribution in [0.5, 0.6) is 0 Å². The Morgan fingerprint density at radius 2 is 2.05 bits per heavy atom. The van der Waals surface area contributed by atoms with Crippen LogP contribution in [0.1, 0.15) is 45.4 Å². The van der Waals surface area contributed by atoms with Crippen molar-refractivity contribution in [2.24, 2.45) is 17.3 Å². The predicted octanol–water partition coefficient (Wildman–Crippen LogP) is 3.33. The van der Waals surface area contributed by atoms with Crippen LogP contribution in [0.2, 0.25) is 0 Å². The van der Waals surface area contributed by atoms with Crippen LogP contribution in [0.4, 0.5) is 0 Å². The van der Waals surface area contributed by atoms with Gasteiger partial charge < -0.3 is 5.11 Å². The Balaban J connectivity index is 1.82. The highest BCUT2D eigenvalue weighted by Crippen LogP contribution is 2.57. The first-order valence-electron chi connectivity index (χ1n) is 7.94. The Hall–Kier alpha value is -1.15. The van der Waals surface area contributed by atoms with Gasteiger partial charge in [-0.1, -0.05) is 19.1 Å². The van der Waals surface area contributed by atoms with Gasteiger partial charge in [0.05, 0.1) is 6.10 Å². The number of rotatable bonds is 0. The van der Waals surface area contributed by atoms with Gasteiger partial charge in [-0.05, 0) is 66.7 Å². The van der Waals surface area contributed by atoms with Gasteiger partial charge in [0.25, 0.3) is 0 Å². The monoisotopic (exact) mass is 270 g/mol. The van der Waals surface area contributed by atoms with Crippen LogP contribution in [-0.4, -0.2) is 17.0 Å². The summed E-state index contributed by atoms with van der Waals surface area (Å²) in [6.45, 7) is 2.23. The third-order valence-corrected chi connectivity index (χ3v) is 6.19. The van der Waals surface area contributed by atoms with E-state index in [4.69, 9.17) is 0 Å². The highest BCUT2D eigenvalue weighted by Gasteiger charge is 2.51. The lowest BCUT2D eigenvalue weighted by Crippen LogP contribution is -2.39. The van der Waals surface area contributed by atoms with Crippen molar-refractivity contribution >= 4 is 5.78 Å². The first-order chi connectivity index (χ1) is 9.59. The van der Waals surface area contributed by atoms with E-state index in [0.29, 0.717) is 24.0 Å². The lowest BCUT2D eigenvalue weighted by atomic mass is 9.60. The Morgan fingerprint density at radius 3 is 2.90 bits per heavy atom. The second kappa shape index (κ2) is 4.17. The molecule has 0 aromatic rings. The molecule has 0 bridgehead atoms. The van der Waals surface area contributed by atoms with E-state index < -0.39 is 0 Å². The van der Waals surface area contributed by atoms with Crippen molar-refractivity contribution in [2.75, 3.05) is 0 Å². The van der Waals surface area contributed by atoms with Gasteiger partial charge in [0.15, 0.2) is 5.78 Å². The van der Waals surface area contributed by atoms with Crippen molar-refractivity contribution in [1.82, 2.24) is 0 Å². The molecule has 0 saturated heterocycles. The number of aliphatic hydroxyl groups excluding tert-OH is 1. The number of fused-ring (bicyclic) bond motifs is 4. The molecule has 0 amide bonds. The Bertz CT molecular complexity index is 566. The molecule has 106 valence electrons. The fourth-order valence-electron chi connectivity index (χ4n) is 4.99. The molecule has 1 N–H and O–H groups in total. The molecule has 0 radical (unpaired) electrons. The van der Waals surface area contributed by atoms with E-state index >= 15 is 0 Å². The maximum absolute atomic E-state index is 11.6. The summed E-state index contributed by atoms with van der Waals surface area (Å²) >= 11 is 0. The number of carbonyl (C=O) groups excluding carboxylic acids is 1. The smallest absolute Gasteiger partial charge is 0.156 e. The van der Waals surface area contributed by atoms with Gasteiger partial charge >= 0.3 is 0 Å². The summed E-state index contributed by atoms with van der Waals surface area (Å²) in [6.07, 6.45) is 12.1. The maximum atomic E-state index is 11.6. The lowest BCUT2D eigenvalue weighted by molar-refractivity contribution is -0.114. The molecule has 0 spiro atoms. The van der Waals surface area contributed by atoms with Crippen LogP contribution in [0.25, 0.3) is 0 Å². The van der Waals surface area contributed by atoms with E-state index in [1.807, 2.05) is 6.08 Å². The van der Waals surface area contributed by atoms with Crippen molar-refractivity contribution in [3.8, 4) is 0 Å². The van der Waals surface area contributed by atoms with Crippen molar-refractivity contribution in [3.05, 3.63) is 34.9 Å². The first kappa shape index (κ1) is 12.6. The molecule has 0 aromatic heterocycles. The van der Waals surface area contributed by atoms with Crippen LogP contribution >= 0.6 is 0 Å². The van der Waals surface area contributed by atoms with E-state index in [9.17, 15) is 9.90 Å². The van der Waals surface area contributed by atoms with Crippen LogP contribution in [0, 0.1) is 17.3 Å². The van der Waals surface area contributed by atoms with Gasteiger partial charge in [0, 0.05) is 11.8 Å². The minimum absolute atomic E-state index is 0.0274. The van der Waals surface area contributed by atoms with Crippen LogP contribution in [0.15, 0.2) is 34.9 Å². The van der Waals surface area contributed by atoms with Gasteiger partial charge in [-0.3, -0.25) is 4.79 Å². The molecule has 4 aliphatic carbocycles. The van der Waals surface area contributed by atoms with Crippen LogP contribution < -0.4 is 0 Å². The van der Waals surface area contributed by atoms with Crippen molar-refractivity contribution < 1.29 is 9.90 Å². The summed E-state index contributed by atoms with van der Waals surface area (Å²) in [4.78, 5) is 11.6. The van der Waals surface area contributed by atoms with Crippen molar-refractivity contribution in [3.63, 3.8) is 0 Å². The zero-order chi connectivity index (χ0) is 13.9. The standard InChI is InChI=1S/C18H22O2/c1-18-9-8-14-13-5-3-12(19)10-11(13)2-4-15(14)16(18)6-7-17(18)20/h8-10,15-17,20H,2-7H2,1H3/t15-,16-,17-,18-/m0/s1. The Labute approximate surface area is 120 Å². The molecular formula is C18H22O2. The van der Waals surface area contributed by atoms with Gasteiger partial charge in [-0.2, -0.15) is 0 Å². The highest BCUT2D eigenvalue weighted by atomic mass is 16.3. The molecule has 0 aliphatic heterocycles. The second-order valence-corrected chi connectivity index (χ2v) is 7.11. The maximum Gasteiger partial charge on any atom is 0.156 e. The number of ketones is 1. The molecule has 0 heterocycles. The molecule has 4 rings (SSSR count). The molecule has 1 fully saturated rings. The number of allylic oxidation sites excluding steroid dienone is 5. The quantitative estimate of drug-likeness (QED) is 0.733. The third-order valence-electron chi connectivity index (χ3n) is 6.19. The SMILES string of the molecule is C[C@]12C=CC3=C4CCC(=O)C=C4CC[C@@H]3[C@@H]1CC[C@@H]2O. The largest absolute Gasteiger partial charge is 0.392 e. The predicted molar refractivity (Wildman–Crippen MR) is 78.1 cm³/mol. The number of aliphatic hydroxyl groups is 1. The van der Waals surface area contributed by atoms with Crippen LogP contribution in [-0.2, 0) is 4.79 Å². The third kappa shape index (κ3) is 1.57. The van der Waals surface area contributed by atoms with Gasteiger partial charge in [0.1, 0.15) is 0 Å². The first-order valence-corrected chi connectivity index (χ1v) is 7.94. The molecule has 4 atom stereocenters. The van der Waals surface area contributed by atoms with Gasteiger partial charge in [-0.15, -0.1) is 0 Å². The highest BCUT2D eigenvalue weighted by molar-refractivity contribution is 5.93. The molecule has 20 heavy (non-hydrogen) atoms. The van der Waals surface area contributed by atoms with Crippen molar-refractivity contribution in [1.29, 1.82) is 0 Å². The zero-order valence-electron chi connectivity index (χ0n) is 12.1. The fourth-order valence-corrected chi connectivity index (χ4v) is 4.99. The topological polar surface area (TPSA) is 37.3 Å². The van der Waals surface area contributed by atoms with Crippen LogP contribution in [0.3, 0.4) is 0 Å². The Kier molecular flexibility index (Phi) is 2.62. The molecule has 4 aliphatic rings. The summed E-state index contributed by atoms with van der Waals surface area (Å²) in [5.41, 5.74) is 4.19. The van der Waals surface area contributed by atoms with E-state index in [-0.39, 0.29) is 11.5 Å². The minimum atomic E-state index is -0.180. The number of hydrogen-bond acceptors (Lipinski definition) is 2. The normalized spacial score (nSPS) is 43.0. The average molecular weight is 270 g/mol. The van der Waals surface area contributed by atoms with E-state index in [2.05, 4.69) is 19.1 Å². The zero-order valence-corrected chi connectivity index (χ0v) is 12.1. The summed E-state index contributed by atoms with van der Waals surface area (Å²) in [7, 11) is 0. The van der Waals surface area contributed by atoms with E-state index in [1.54, 1.807) is 0 Å². The lowest BCUT2D eigenvalue weighted by Gasteiger charge is -2.44. The van der Waals surface area contributed by atoms with Gasteiger partial charge in [0.2, 0.25) is 0 Å². The minimum Gasteiger partial charge on any atom is -0.392 e. The molecular weight excluding hydrogens is 248 g/mol. The Morgan fingerprint density at radius 1 is 1.20 bits per heavy atom. The summed E-state index contributed by atoms with van der Waals surface area (Å²) in [6, 6.07) is 0. The van der Waals surface area contributed by atoms with E-state index in [0.717, 1.165) is 32.1 Å². The van der Waals surface area contributed by atoms with Gasteiger partial charge in [-0.25, -0.2) is 0 Å². The summed E-state index contributed by atoms with van der Waals surface area (Å²) in [5, 5.41) is 10.3. The van der Waals surface area contributed by atoms with E-state index in [1.165, 1.54) is 16.7 Å².